The van der Waals surface area contributed by atoms with Gasteiger partial charge in [0.15, 0.2) is 5.75 Å². The summed E-state index contributed by atoms with van der Waals surface area (Å²) in [5.74, 6) is -0.386. The van der Waals surface area contributed by atoms with Crippen LogP contribution in [0.3, 0.4) is 0 Å². The Hall–Kier alpha value is -0.152. The summed E-state index contributed by atoms with van der Waals surface area (Å²) in [4.78, 5) is 1.16. The number of phenols is 1. The first-order chi connectivity index (χ1) is 12.7. The number of phenolic OH excluding ortho intramolecular Hbond substituents is 1. The number of hydrogen-bond acceptors (Lipinski definition) is 11. The third kappa shape index (κ3) is 7.20. The Bertz CT molecular complexity index is 1000. The van der Waals surface area contributed by atoms with Crippen molar-refractivity contribution in [3.05, 3.63) is 23.7 Å². The van der Waals surface area contributed by atoms with Gasteiger partial charge in [-0.3, -0.25) is 4.55 Å². The molecular formula is C13H14N5O7S2Y2-. The molecule has 0 fully saturated rings. The number of rotatable bonds is 8. The van der Waals surface area contributed by atoms with Crippen molar-refractivity contribution in [2.24, 2.45) is 15.3 Å². The topological polar surface area (TPSA) is 176 Å². The average molecular weight is 594 g/mol. The van der Waals surface area contributed by atoms with Crippen LogP contribution in [0.25, 0.3) is 16.3 Å². The van der Waals surface area contributed by atoms with Gasteiger partial charge in [0.05, 0.1) is 22.6 Å². The summed E-state index contributed by atoms with van der Waals surface area (Å²) >= 11 is 0.456. The van der Waals surface area contributed by atoms with Crippen molar-refractivity contribution >= 4 is 44.3 Å². The number of fused-ring (bicyclic) bond motifs is 1. The van der Waals surface area contributed by atoms with Gasteiger partial charge in [0.2, 0.25) is 0 Å². The Balaban J connectivity index is 0.00000392. The number of aromatic hydroxyl groups is 1. The molecule has 0 amide bonds. The molecule has 0 aliphatic rings. The molecule has 2 radical (unpaired) electrons. The molecule has 0 aliphatic carbocycles. The van der Waals surface area contributed by atoms with Gasteiger partial charge in [0.25, 0.3) is 10.1 Å². The Morgan fingerprint density at radius 1 is 1.24 bits per heavy atom. The van der Waals surface area contributed by atoms with Crippen LogP contribution in [-0.2, 0) is 84.9 Å². The van der Waals surface area contributed by atoms with Crippen LogP contribution in [0, 0.1) is 0 Å². The second-order valence-electron chi connectivity index (χ2n) is 5.23. The molecule has 29 heavy (non-hydrogen) atoms. The first-order valence-electron chi connectivity index (χ1n) is 7.02. The monoisotopic (exact) mass is 594 g/mol. The van der Waals surface area contributed by atoms with Crippen molar-refractivity contribution in [1.82, 2.24) is 0 Å². The zero-order valence-corrected chi connectivity index (χ0v) is 22.4. The number of nitrogens with zero attached hydrogens (tertiary/aromatic N) is 5. The molecule has 2 aromatic carbocycles. The zero-order valence-electron chi connectivity index (χ0n) is 15.1. The predicted octanol–water partition coefficient (Wildman–Crippen LogP) is 3.34. The van der Waals surface area contributed by atoms with Gasteiger partial charge in [-0.05, 0) is 23.6 Å². The fourth-order valence-corrected chi connectivity index (χ4v) is 3.54. The molecule has 152 valence electrons. The van der Waals surface area contributed by atoms with Crippen molar-refractivity contribution in [2.45, 2.75) is 9.79 Å². The standard InChI is InChI=1S/C13H14N5O7S2.2Y/c1-18(2)9-5-8-7(4-11(9)27(21,22)23)3-10(26-25-24-20)12(13(8)19)17-16-6-15-14;;/h3-5,19-20H,6H2,1-2H3,(H,21,22,23);;/q-1;;. The van der Waals surface area contributed by atoms with Crippen LogP contribution in [0.1, 0.15) is 0 Å². The van der Waals surface area contributed by atoms with E-state index < -0.39 is 10.1 Å². The fraction of sp³-hybridized carbons (Fsp3) is 0.231. The molecule has 0 saturated carbocycles. The molecule has 2 rings (SSSR count). The largest absolute Gasteiger partial charge is 0.710 e. The first-order valence-corrected chi connectivity index (χ1v) is 9.20. The molecule has 0 saturated heterocycles. The van der Waals surface area contributed by atoms with E-state index >= 15 is 0 Å². The molecule has 0 bridgehead atoms. The number of anilines is 1. The zero-order chi connectivity index (χ0) is 20.2. The van der Waals surface area contributed by atoms with E-state index in [9.17, 15) is 18.1 Å². The minimum absolute atomic E-state index is 0. The molecule has 3 N–H and O–H groups in total. The van der Waals surface area contributed by atoms with Gasteiger partial charge < -0.3 is 20.7 Å². The Morgan fingerprint density at radius 3 is 2.41 bits per heavy atom. The van der Waals surface area contributed by atoms with Crippen LogP contribution in [0.15, 0.2) is 43.3 Å². The third-order valence-corrected chi connectivity index (χ3v) is 4.84. The predicted molar refractivity (Wildman–Crippen MR) is 95.6 cm³/mol. The Labute approximate surface area is 220 Å². The number of hydrogen-bond donors (Lipinski definition) is 3. The van der Waals surface area contributed by atoms with E-state index in [0.29, 0.717) is 12.0 Å². The SMILES string of the molecule is CN(C)c1cc2c(O)c(N=NCN=[N-])c(SOOO)cc2cc1S(=O)(=O)O.[Y].[Y]. The number of benzene rings is 2. The van der Waals surface area contributed by atoms with Crippen LogP contribution in [0.4, 0.5) is 11.4 Å². The van der Waals surface area contributed by atoms with E-state index in [1.165, 1.54) is 17.0 Å². The molecule has 0 aromatic heterocycles. The normalized spacial score (nSPS) is 11.2. The third-order valence-electron chi connectivity index (χ3n) is 3.34. The Morgan fingerprint density at radius 2 is 1.90 bits per heavy atom. The average Bonchev–Trinajstić information content (AvgIpc) is 2.60. The van der Waals surface area contributed by atoms with Crippen LogP contribution >= 0.6 is 12.0 Å². The fourth-order valence-electron chi connectivity index (χ4n) is 2.26. The maximum absolute atomic E-state index is 11.7. The molecule has 0 spiro atoms. The molecule has 0 aliphatic heterocycles. The molecule has 16 heteroatoms. The van der Waals surface area contributed by atoms with Crippen molar-refractivity contribution < 1.29 is 98.1 Å². The molecule has 0 heterocycles. The van der Waals surface area contributed by atoms with Crippen molar-refractivity contribution in [3.8, 4) is 5.75 Å². The summed E-state index contributed by atoms with van der Waals surface area (Å²) in [7, 11) is -1.42. The maximum atomic E-state index is 11.7. The molecule has 0 unspecified atom stereocenters. The van der Waals surface area contributed by atoms with Gasteiger partial charge in [-0.1, -0.05) is 5.04 Å². The van der Waals surface area contributed by atoms with Crippen LogP contribution < -0.4 is 4.90 Å². The van der Waals surface area contributed by atoms with Gasteiger partial charge >= 0.3 is 0 Å². The molecule has 12 nitrogen and oxygen atoms in total. The van der Waals surface area contributed by atoms with Crippen molar-refractivity contribution in [2.75, 3.05) is 25.7 Å². The summed E-state index contributed by atoms with van der Waals surface area (Å²) in [5, 5.41) is 32.9. The quantitative estimate of drug-likeness (QED) is 0.136. The summed E-state index contributed by atoms with van der Waals surface area (Å²) in [6.07, 6.45) is 0. The van der Waals surface area contributed by atoms with Crippen LogP contribution in [0.5, 0.6) is 5.75 Å². The van der Waals surface area contributed by atoms with Crippen molar-refractivity contribution in [3.63, 3.8) is 0 Å². The van der Waals surface area contributed by atoms with Crippen molar-refractivity contribution in [1.29, 1.82) is 0 Å². The second-order valence-corrected chi connectivity index (χ2v) is 7.37. The summed E-state index contributed by atoms with van der Waals surface area (Å²) in [6, 6.07) is 3.88. The van der Waals surface area contributed by atoms with Crippen LogP contribution in [-0.4, -0.2) is 44.1 Å². The second kappa shape index (κ2) is 12.6. The number of azo groups is 1. The minimum atomic E-state index is -4.55. The summed E-state index contributed by atoms with van der Waals surface area (Å²) < 4.78 is 37.2. The summed E-state index contributed by atoms with van der Waals surface area (Å²) in [6.45, 7) is -0.385. The van der Waals surface area contributed by atoms with E-state index in [0.717, 1.165) is 6.07 Å². The van der Waals surface area contributed by atoms with Gasteiger partial charge in [-0.2, -0.15) is 13.5 Å². The van der Waals surface area contributed by atoms with Gasteiger partial charge in [-0.25, -0.2) is 5.26 Å². The van der Waals surface area contributed by atoms with Gasteiger partial charge in [0, 0.05) is 84.9 Å². The maximum Gasteiger partial charge on any atom is 0.296 e. The van der Waals surface area contributed by atoms with E-state index in [-0.39, 0.29) is 110 Å². The first kappa shape index (κ1) is 28.8. The van der Waals surface area contributed by atoms with E-state index in [1.54, 1.807) is 14.1 Å². The minimum Gasteiger partial charge on any atom is -0.710 e. The Kier molecular flexibility index (Phi) is 12.6. The molecule has 2 aromatic rings. The molecule has 0 atom stereocenters. The molecular weight excluding hydrogens is 580 g/mol. The van der Waals surface area contributed by atoms with E-state index in [1.807, 2.05) is 0 Å². The van der Waals surface area contributed by atoms with Gasteiger partial charge in [0.1, 0.15) is 17.3 Å². The van der Waals surface area contributed by atoms with Gasteiger partial charge in [-0.15, -0.1) is 9.45 Å². The summed E-state index contributed by atoms with van der Waals surface area (Å²) in [5.41, 5.74) is 8.47. The van der Waals surface area contributed by atoms with E-state index in [2.05, 4.69) is 24.7 Å². The van der Waals surface area contributed by atoms with E-state index in [4.69, 9.17) is 10.8 Å². The smallest absolute Gasteiger partial charge is 0.296 e. The van der Waals surface area contributed by atoms with Crippen LogP contribution in [0.2, 0.25) is 0 Å².